The number of fused-ring (bicyclic) bond motifs is 1. The number of benzene rings is 2. The molecule has 168 valence electrons. The van der Waals surface area contributed by atoms with Gasteiger partial charge in [-0.05, 0) is 49.7 Å². The average Bonchev–Trinajstić information content (AvgIpc) is 2.79. The van der Waals surface area contributed by atoms with Gasteiger partial charge in [-0.15, -0.1) is 0 Å². The molecule has 3 rings (SSSR count). The number of amides is 2. The molecular formula is C24H26N2O6. The summed E-state index contributed by atoms with van der Waals surface area (Å²) < 4.78 is 10.7. The zero-order chi connectivity index (χ0) is 23.3. The van der Waals surface area contributed by atoms with Crippen LogP contribution in [0.3, 0.4) is 0 Å². The maximum Gasteiger partial charge on any atom is 0.338 e. The predicted octanol–water partition coefficient (Wildman–Crippen LogP) is 3.60. The van der Waals surface area contributed by atoms with Crippen LogP contribution in [-0.2, 0) is 14.3 Å². The van der Waals surface area contributed by atoms with Gasteiger partial charge in [0.2, 0.25) is 5.91 Å². The SMILES string of the molecule is CCCOC(=O)c1cccc(NC(=O)CCC(=O)c2ccc3c(c2)N(C)C(=O)C(C)O3)c1. The van der Waals surface area contributed by atoms with Gasteiger partial charge in [-0.2, -0.15) is 0 Å². The number of anilines is 2. The van der Waals surface area contributed by atoms with Crippen LogP contribution in [0.2, 0.25) is 0 Å². The zero-order valence-corrected chi connectivity index (χ0v) is 18.3. The third kappa shape index (κ3) is 5.32. The molecule has 8 nitrogen and oxygen atoms in total. The lowest BCUT2D eigenvalue weighted by Gasteiger charge is -2.30. The van der Waals surface area contributed by atoms with Crippen LogP contribution in [0.1, 0.15) is 53.8 Å². The Bertz CT molecular complexity index is 1050. The van der Waals surface area contributed by atoms with E-state index in [0.717, 1.165) is 6.42 Å². The summed E-state index contributed by atoms with van der Waals surface area (Å²) in [4.78, 5) is 50.4. The van der Waals surface area contributed by atoms with Crippen LogP contribution in [0, 0.1) is 0 Å². The number of ketones is 1. The molecule has 1 heterocycles. The second kappa shape index (κ2) is 10.1. The van der Waals surface area contributed by atoms with E-state index in [9.17, 15) is 19.2 Å². The number of Topliss-reactive ketones (excluding diaryl/α,β-unsaturated/α-hetero) is 1. The summed E-state index contributed by atoms with van der Waals surface area (Å²) in [5.41, 5.74) is 1.72. The normalized spacial score (nSPS) is 14.9. The maximum atomic E-state index is 12.6. The van der Waals surface area contributed by atoms with Crippen LogP contribution in [-0.4, -0.2) is 43.3 Å². The van der Waals surface area contributed by atoms with Crippen LogP contribution in [0.5, 0.6) is 5.75 Å². The molecule has 0 bridgehead atoms. The van der Waals surface area contributed by atoms with Crippen molar-refractivity contribution in [2.24, 2.45) is 0 Å². The second-order valence-electron chi connectivity index (χ2n) is 7.53. The monoisotopic (exact) mass is 438 g/mol. The van der Waals surface area contributed by atoms with Gasteiger partial charge in [0.15, 0.2) is 11.9 Å². The molecule has 32 heavy (non-hydrogen) atoms. The Morgan fingerprint density at radius 1 is 1.09 bits per heavy atom. The van der Waals surface area contributed by atoms with E-state index < -0.39 is 12.1 Å². The van der Waals surface area contributed by atoms with Crippen LogP contribution in [0.25, 0.3) is 0 Å². The summed E-state index contributed by atoms with van der Waals surface area (Å²) >= 11 is 0. The van der Waals surface area contributed by atoms with Crippen molar-refractivity contribution in [3.63, 3.8) is 0 Å². The molecular weight excluding hydrogens is 412 g/mol. The van der Waals surface area contributed by atoms with Gasteiger partial charge in [0, 0.05) is 31.1 Å². The van der Waals surface area contributed by atoms with Gasteiger partial charge in [0.05, 0.1) is 17.9 Å². The predicted molar refractivity (Wildman–Crippen MR) is 119 cm³/mol. The van der Waals surface area contributed by atoms with Crippen LogP contribution >= 0.6 is 0 Å². The van der Waals surface area contributed by atoms with Crippen molar-refractivity contribution < 1.29 is 28.7 Å². The summed E-state index contributed by atoms with van der Waals surface area (Å²) in [6.45, 7) is 3.90. The first kappa shape index (κ1) is 23.0. The van der Waals surface area contributed by atoms with Crippen LogP contribution < -0.4 is 15.0 Å². The summed E-state index contributed by atoms with van der Waals surface area (Å²) in [5, 5.41) is 2.70. The van der Waals surface area contributed by atoms with E-state index >= 15 is 0 Å². The Balaban J connectivity index is 1.58. The van der Waals surface area contributed by atoms with Crippen LogP contribution in [0.15, 0.2) is 42.5 Å². The molecule has 0 radical (unpaired) electrons. The maximum absolute atomic E-state index is 12.6. The van der Waals surface area contributed by atoms with E-state index in [1.54, 1.807) is 50.4 Å². The van der Waals surface area contributed by atoms with Crippen molar-refractivity contribution in [1.29, 1.82) is 0 Å². The molecule has 2 aromatic rings. The minimum atomic E-state index is -0.579. The van der Waals surface area contributed by atoms with E-state index in [1.807, 2.05) is 6.92 Å². The summed E-state index contributed by atoms with van der Waals surface area (Å²) in [7, 11) is 1.63. The molecule has 2 amide bonds. The highest BCUT2D eigenvalue weighted by atomic mass is 16.5. The number of hydrogen-bond acceptors (Lipinski definition) is 6. The topological polar surface area (TPSA) is 102 Å². The fourth-order valence-corrected chi connectivity index (χ4v) is 3.28. The molecule has 0 saturated carbocycles. The Kier molecular flexibility index (Phi) is 7.25. The first-order chi connectivity index (χ1) is 15.3. The zero-order valence-electron chi connectivity index (χ0n) is 18.3. The molecule has 1 aliphatic rings. The number of carbonyl (C=O) groups excluding carboxylic acids is 4. The van der Waals surface area contributed by atoms with Crippen molar-refractivity contribution in [2.75, 3.05) is 23.9 Å². The standard InChI is InChI=1S/C24H26N2O6/c1-4-12-31-24(30)17-6-5-7-18(13-17)25-22(28)11-9-20(27)16-8-10-21-19(14-16)26(3)23(29)15(2)32-21/h5-8,10,13-15H,4,9,11-12H2,1-3H3,(H,25,28). The smallest absolute Gasteiger partial charge is 0.338 e. The van der Waals surface area contributed by atoms with Gasteiger partial charge in [-0.25, -0.2) is 4.79 Å². The fraction of sp³-hybridized carbons (Fsp3) is 0.333. The largest absolute Gasteiger partial charge is 0.479 e. The number of nitrogens with zero attached hydrogens (tertiary/aromatic N) is 1. The molecule has 0 saturated heterocycles. The number of carbonyl (C=O) groups is 4. The number of ether oxygens (including phenoxy) is 2. The lowest BCUT2D eigenvalue weighted by atomic mass is 10.0. The van der Waals surface area contributed by atoms with E-state index in [2.05, 4.69) is 5.32 Å². The van der Waals surface area contributed by atoms with Gasteiger partial charge in [0.1, 0.15) is 5.75 Å². The van der Waals surface area contributed by atoms with Gasteiger partial charge in [-0.1, -0.05) is 13.0 Å². The quantitative estimate of drug-likeness (QED) is 0.499. The number of nitrogens with one attached hydrogen (secondary N) is 1. The van der Waals surface area contributed by atoms with E-state index in [1.165, 1.54) is 11.0 Å². The average molecular weight is 438 g/mol. The van der Waals surface area contributed by atoms with Crippen molar-refractivity contribution >= 4 is 34.9 Å². The molecule has 0 aliphatic carbocycles. The first-order valence-corrected chi connectivity index (χ1v) is 10.5. The molecule has 0 spiro atoms. The summed E-state index contributed by atoms with van der Waals surface area (Å²) in [5.74, 6) is -0.681. The molecule has 0 fully saturated rings. The molecule has 2 aromatic carbocycles. The summed E-state index contributed by atoms with van der Waals surface area (Å²) in [6, 6.07) is 11.3. The molecule has 8 heteroatoms. The Labute approximate surface area is 186 Å². The van der Waals surface area contributed by atoms with Gasteiger partial charge in [0.25, 0.3) is 5.91 Å². The first-order valence-electron chi connectivity index (χ1n) is 10.5. The molecule has 1 aliphatic heterocycles. The van der Waals surface area contributed by atoms with Crippen molar-refractivity contribution in [1.82, 2.24) is 0 Å². The molecule has 1 unspecified atom stereocenters. The van der Waals surface area contributed by atoms with E-state index in [0.29, 0.717) is 34.9 Å². The highest BCUT2D eigenvalue weighted by Gasteiger charge is 2.29. The fourth-order valence-electron chi connectivity index (χ4n) is 3.28. The highest BCUT2D eigenvalue weighted by molar-refractivity contribution is 6.04. The van der Waals surface area contributed by atoms with E-state index in [4.69, 9.17) is 9.47 Å². The third-order valence-corrected chi connectivity index (χ3v) is 5.02. The van der Waals surface area contributed by atoms with Gasteiger partial charge < -0.3 is 19.7 Å². The lowest BCUT2D eigenvalue weighted by molar-refractivity contribution is -0.125. The van der Waals surface area contributed by atoms with Gasteiger partial charge >= 0.3 is 5.97 Å². The van der Waals surface area contributed by atoms with Crippen molar-refractivity contribution in [3.8, 4) is 5.75 Å². The van der Waals surface area contributed by atoms with Gasteiger partial charge in [-0.3, -0.25) is 14.4 Å². The van der Waals surface area contributed by atoms with Crippen LogP contribution in [0.4, 0.5) is 11.4 Å². The Morgan fingerprint density at radius 3 is 2.62 bits per heavy atom. The number of esters is 1. The van der Waals surface area contributed by atoms with E-state index in [-0.39, 0.29) is 30.4 Å². The minimum absolute atomic E-state index is 0.00221. The molecule has 1 atom stereocenters. The highest BCUT2D eigenvalue weighted by Crippen LogP contribution is 2.34. The van der Waals surface area contributed by atoms with Crippen molar-refractivity contribution in [3.05, 3.63) is 53.6 Å². The van der Waals surface area contributed by atoms with Crippen molar-refractivity contribution in [2.45, 2.75) is 39.2 Å². The minimum Gasteiger partial charge on any atom is -0.479 e. The summed E-state index contributed by atoms with van der Waals surface area (Å²) in [6.07, 6.45) is 0.115. The third-order valence-electron chi connectivity index (χ3n) is 5.02. The lowest BCUT2D eigenvalue weighted by Crippen LogP contribution is -2.42. The molecule has 0 aromatic heterocycles. The number of likely N-dealkylation sites (N-methyl/N-ethyl adjacent to an activating group) is 1. The Morgan fingerprint density at radius 2 is 1.88 bits per heavy atom. The molecule has 1 N–H and O–H groups in total. The number of rotatable bonds is 8. The second-order valence-corrected chi connectivity index (χ2v) is 7.53. The number of hydrogen-bond donors (Lipinski definition) is 1. The Hall–Kier alpha value is -3.68.